The van der Waals surface area contributed by atoms with Gasteiger partial charge < -0.3 is 10.6 Å². The fraction of sp³-hybridized carbons (Fsp3) is 0.368. The lowest BCUT2D eigenvalue weighted by atomic mass is 10.1. The van der Waals surface area contributed by atoms with Crippen LogP contribution in [0.25, 0.3) is 0 Å². The second-order valence-electron chi connectivity index (χ2n) is 6.12. The fourth-order valence-electron chi connectivity index (χ4n) is 2.20. The van der Waals surface area contributed by atoms with Crippen molar-refractivity contribution in [1.82, 2.24) is 10.3 Å². The van der Waals surface area contributed by atoms with Crippen LogP contribution in [0.3, 0.4) is 0 Å². The predicted molar refractivity (Wildman–Crippen MR) is 94.2 cm³/mol. The van der Waals surface area contributed by atoms with E-state index in [1.165, 1.54) is 0 Å². The Kier molecular flexibility index (Phi) is 6.60. The maximum absolute atomic E-state index is 12.0. The average Bonchev–Trinajstić information content (AvgIpc) is 2.55. The number of carbonyl (C=O) groups is 1. The highest BCUT2D eigenvalue weighted by Crippen LogP contribution is 2.11. The Hall–Kier alpha value is -2.36. The molecule has 4 heteroatoms. The van der Waals surface area contributed by atoms with Crippen molar-refractivity contribution in [3.8, 4) is 0 Å². The average molecular weight is 311 g/mol. The molecule has 2 N–H and O–H groups in total. The van der Waals surface area contributed by atoms with Crippen molar-refractivity contribution < 1.29 is 4.79 Å². The van der Waals surface area contributed by atoms with Crippen molar-refractivity contribution in [3.63, 3.8) is 0 Å². The van der Waals surface area contributed by atoms with Crippen molar-refractivity contribution in [1.29, 1.82) is 0 Å². The molecule has 0 aliphatic rings. The second-order valence-corrected chi connectivity index (χ2v) is 6.12. The van der Waals surface area contributed by atoms with Gasteiger partial charge in [0.1, 0.15) is 0 Å². The molecule has 2 rings (SSSR count). The lowest BCUT2D eigenvalue weighted by Gasteiger charge is -2.09. The number of benzene rings is 1. The van der Waals surface area contributed by atoms with Crippen LogP contribution in [0.1, 0.15) is 31.4 Å². The molecule has 0 saturated heterocycles. The van der Waals surface area contributed by atoms with Crippen molar-refractivity contribution >= 4 is 11.6 Å². The van der Waals surface area contributed by atoms with E-state index < -0.39 is 0 Å². The highest BCUT2D eigenvalue weighted by molar-refractivity contribution is 5.78. The number of anilines is 1. The molecule has 0 bridgehead atoms. The van der Waals surface area contributed by atoms with Crippen molar-refractivity contribution in [2.75, 3.05) is 11.9 Å². The maximum Gasteiger partial charge on any atom is 0.224 e. The monoisotopic (exact) mass is 311 g/mol. The minimum absolute atomic E-state index is 0.0226. The maximum atomic E-state index is 12.0. The fourth-order valence-corrected chi connectivity index (χ4v) is 2.20. The predicted octanol–water partition coefficient (Wildman–Crippen LogP) is 3.40. The lowest BCUT2D eigenvalue weighted by molar-refractivity contribution is -0.120. The van der Waals surface area contributed by atoms with Crippen molar-refractivity contribution in [3.05, 3.63) is 59.9 Å². The van der Waals surface area contributed by atoms with Crippen LogP contribution < -0.4 is 10.6 Å². The van der Waals surface area contributed by atoms with Gasteiger partial charge in [-0.15, -0.1) is 0 Å². The summed E-state index contributed by atoms with van der Waals surface area (Å²) in [6.07, 6.45) is 5.03. The number of aromatic nitrogens is 1. The van der Waals surface area contributed by atoms with Gasteiger partial charge in [0, 0.05) is 31.2 Å². The van der Waals surface area contributed by atoms with Gasteiger partial charge in [0.15, 0.2) is 0 Å². The van der Waals surface area contributed by atoms with Crippen molar-refractivity contribution in [2.24, 2.45) is 5.92 Å². The molecule has 1 aromatic carbocycles. The first-order chi connectivity index (χ1) is 11.1. The first kappa shape index (κ1) is 17.0. The minimum atomic E-state index is 0.0226. The summed E-state index contributed by atoms with van der Waals surface area (Å²) in [4.78, 5) is 16.0. The topological polar surface area (TPSA) is 54.0 Å². The van der Waals surface area contributed by atoms with E-state index in [9.17, 15) is 4.79 Å². The number of rotatable bonds is 8. The van der Waals surface area contributed by atoms with E-state index in [0.717, 1.165) is 29.8 Å². The Morgan fingerprint density at radius 1 is 1.13 bits per heavy atom. The third-order valence-electron chi connectivity index (χ3n) is 3.58. The molecule has 122 valence electrons. The summed E-state index contributed by atoms with van der Waals surface area (Å²) in [6.45, 7) is 5.92. The second kappa shape index (κ2) is 8.93. The first-order valence-corrected chi connectivity index (χ1v) is 8.12. The number of nitrogens with zero attached hydrogens (tertiary/aromatic N) is 1. The van der Waals surface area contributed by atoms with Gasteiger partial charge in [-0.2, -0.15) is 0 Å². The molecule has 0 unspecified atom stereocenters. The van der Waals surface area contributed by atoms with Crippen LogP contribution in [0.15, 0.2) is 48.8 Å². The molecular formula is C19H25N3O. The summed E-state index contributed by atoms with van der Waals surface area (Å²) in [5.74, 6) is 0.722. The SMILES string of the molecule is CC(C)CCNc1ccc(CC(=O)NCc2cccnc2)cc1. The molecule has 1 aromatic heterocycles. The standard InChI is InChI=1S/C19H25N3O/c1-15(2)9-11-21-18-7-5-16(6-8-18)12-19(23)22-14-17-4-3-10-20-13-17/h3-8,10,13,15,21H,9,11-12,14H2,1-2H3,(H,22,23). The van der Waals surface area contributed by atoms with Gasteiger partial charge in [0.2, 0.25) is 5.91 Å². The molecule has 1 heterocycles. The van der Waals surface area contributed by atoms with Gasteiger partial charge in [-0.1, -0.05) is 32.0 Å². The lowest BCUT2D eigenvalue weighted by Crippen LogP contribution is -2.24. The molecule has 0 radical (unpaired) electrons. The van der Waals surface area contributed by atoms with Crippen molar-refractivity contribution in [2.45, 2.75) is 33.2 Å². The molecule has 23 heavy (non-hydrogen) atoms. The molecular weight excluding hydrogens is 286 g/mol. The molecule has 0 aliphatic heterocycles. The Morgan fingerprint density at radius 3 is 2.57 bits per heavy atom. The van der Waals surface area contributed by atoms with E-state index in [0.29, 0.717) is 18.9 Å². The summed E-state index contributed by atoms with van der Waals surface area (Å²) in [7, 11) is 0. The highest BCUT2D eigenvalue weighted by Gasteiger charge is 2.04. The quantitative estimate of drug-likeness (QED) is 0.785. The number of amides is 1. The molecule has 4 nitrogen and oxygen atoms in total. The van der Waals surface area contributed by atoms with E-state index in [2.05, 4.69) is 29.5 Å². The van der Waals surface area contributed by atoms with E-state index in [4.69, 9.17) is 0 Å². The summed E-state index contributed by atoms with van der Waals surface area (Å²) >= 11 is 0. The summed E-state index contributed by atoms with van der Waals surface area (Å²) in [5, 5.41) is 6.31. The van der Waals surface area contributed by atoms with Crippen LogP contribution in [0.2, 0.25) is 0 Å². The number of hydrogen-bond donors (Lipinski definition) is 2. The molecule has 0 atom stereocenters. The molecule has 1 amide bonds. The molecule has 0 spiro atoms. The Balaban J connectivity index is 1.75. The zero-order valence-corrected chi connectivity index (χ0v) is 13.9. The van der Waals surface area contributed by atoms with Crippen LogP contribution in [-0.4, -0.2) is 17.4 Å². The van der Waals surface area contributed by atoms with Crippen LogP contribution in [0.5, 0.6) is 0 Å². The van der Waals surface area contributed by atoms with E-state index in [-0.39, 0.29) is 5.91 Å². The number of carbonyl (C=O) groups excluding carboxylic acids is 1. The van der Waals surface area contributed by atoms with Gasteiger partial charge in [-0.05, 0) is 41.7 Å². The van der Waals surface area contributed by atoms with E-state index in [1.807, 2.05) is 36.4 Å². The third-order valence-corrected chi connectivity index (χ3v) is 3.58. The minimum Gasteiger partial charge on any atom is -0.385 e. The Labute approximate surface area is 138 Å². The smallest absolute Gasteiger partial charge is 0.224 e. The summed E-state index contributed by atoms with van der Waals surface area (Å²) < 4.78 is 0. The normalized spacial score (nSPS) is 10.6. The van der Waals surface area contributed by atoms with Crippen LogP contribution in [-0.2, 0) is 17.8 Å². The number of hydrogen-bond acceptors (Lipinski definition) is 3. The van der Waals surface area contributed by atoms with Gasteiger partial charge in [-0.25, -0.2) is 0 Å². The molecule has 0 aliphatic carbocycles. The molecule has 0 fully saturated rings. The van der Waals surface area contributed by atoms with Gasteiger partial charge in [0.05, 0.1) is 6.42 Å². The first-order valence-electron chi connectivity index (χ1n) is 8.12. The van der Waals surface area contributed by atoms with Gasteiger partial charge in [-0.3, -0.25) is 9.78 Å². The van der Waals surface area contributed by atoms with Gasteiger partial charge >= 0.3 is 0 Å². The van der Waals surface area contributed by atoms with Crippen LogP contribution in [0, 0.1) is 5.92 Å². The Bertz CT molecular complexity index is 594. The number of pyridine rings is 1. The van der Waals surface area contributed by atoms with E-state index >= 15 is 0 Å². The number of nitrogens with one attached hydrogen (secondary N) is 2. The summed E-state index contributed by atoms with van der Waals surface area (Å²) in [5.41, 5.74) is 3.12. The third kappa shape index (κ3) is 6.51. The Morgan fingerprint density at radius 2 is 1.91 bits per heavy atom. The molecule has 2 aromatic rings. The largest absolute Gasteiger partial charge is 0.385 e. The molecule has 0 saturated carbocycles. The van der Waals surface area contributed by atoms with Gasteiger partial charge in [0.25, 0.3) is 0 Å². The zero-order valence-electron chi connectivity index (χ0n) is 13.9. The zero-order chi connectivity index (χ0) is 16.5. The highest BCUT2D eigenvalue weighted by atomic mass is 16.1. The van der Waals surface area contributed by atoms with Crippen LogP contribution in [0.4, 0.5) is 5.69 Å². The van der Waals surface area contributed by atoms with Crippen LogP contribution >= 0.6 is 0 Å². The summed E-state index contributed by atoms with van der Waals surface area (Å²) in [6, 6.07) is 11.9. The van der Waals surface area contributed by atoms with E-state index in [1.54, 1.807) is 12.4 Å².